The van der Waals surface area contributed by atoms with Crippen molar-refractivity contribution in [2.75, 3.05) is 12.8 Å². The van der Waals surface area contributed by atoms with Gasteiger partial charge in [0.05, 0.1) is 6.20 Å². The van der Waals surface area contributed by atoms with Crippen LogP contribution in [-0.4, -0.2) is 28.3 Å². The van der Waals surface area contributed by atoms with Gasteiger partial charge in [-0.15, -0.1) is 0 Å². The number of hydrogen-bond acceptors (Lipinski definition) is 3. The molecule has 0 atom stereocenters. The summed E-state index contributed by atoms with van der Waals surface area (Å²) >= 11 is 1.54. The molecule has 2 aromatic rings. The molecule has 1 aromatic heterocycles. The van der Waals surface area contributed by atoms with E-state index in [2.05, 4.69) is 10.3 Å². The fourth-order valence-corrected chi connectivity index (χ4v) is 2.66. The molecule has 1 aromatic carbocycles. The number of imidazole rings is 1. The van der Waals surface area contributed by atoms with Gasteiger partial charge < -0.3 is 5.32 Å². The Bertz CT molecular complexity index is 605. The lowest BCUT2D eigenvalue weighted by Crippen LogP contribution is -2.27. The highest BCUT2D eigenvalue weighted by molar-refractivity contribution is 7.98. The molecule has 0 spiro atoms. The first-order chi connectivity index (χ1) is 9.79. The van der Waals surface area contributed by atoms with Crippen molar-refractivity contribution in [1.82, 2.24) is 14.9 Å². The van der Waals surface area contributed by atoms with E-state index in [9.17, 15) is 4.79 Å². The monoisotopic (exact) mass is 287 g/mol. The summed E-state index contributed by atoms with van der Waals surface area (Å²) in [4.78, 5) is 16.7. The summed E-state index contributed by atoms with van der Waals surface area (Å²) < 4.78 is 1.91. The Hall–Kier alpha value is -1.75. The Morgan fingerprint density at radius 2 is 2.15 bits per heavy atom. The maximum absolute atomic E-state index is 12.3. The van der Waals surface area contributed by atoms with Crippen LogP contribution < -0.4 is 5.32 Å². The van der Waals surface area contributed by atoms with E-state index in [0.29, 0.717) is 11.6 Å². The molecule has 0 saturated heterocycles. The molecule has 0 radical (unpaired) electrons. The Balaban J connectivity index is 1.90. The molecular formula is C15H17N3OS. The second-order valence-electron chi connectivity index (χ2n) is 4.95. The molecule has 1 N–H and O–H groups in total. The van der Waals surface area contributed by atoms with Gasteiger partial charge in [0.25, 0.3) is 5.91 Å². The van der Waals surface area contributed by atoms with E-state index in [0.717, 1.165) is 17.4 Å². The Morgan fingerprint density at radius 1 is 1.40 bits per heavy atom. The number of nitrogens with zero attached hydrogens (tertiary/aromatic N) is 2. The van der Waals surface area contributed by atoms with Gasteiger partial charge in [0, 0.05) is 12.2 Å². The minimum absolute atomic E-state index is 0.0476. The van der Waals surface area contributed by atoms with E-state index < -0.39 is 0 Å². The summed E-state index contributed by atoms with van der Waals surface area (Å²) in [6, 6.07) is 9.86. The zero-order chi connectivity index (χ0) is 13.9. The van der Waals surface area contributed by atoms with E-state index in [1.54, 1.807) is 6.20 Å². The van der Waals surface area contributed by atoms with E-state index in [1.807, 2.05) is 41.2 Å². The number of carbonyl (C=O) groups is 1. The van der Waals surface area contributed by atoms with Crippen molar-refractivity contribution in [3.8, 4) is 5.69 Å². The second-order valence-corrected chi connectivity index (χ2v) is 5.73. The maximum atomic E-state index is 12.3. The number of benzene rings is 1. The molecular weight excluding hydrogens is 270 g/mol. The van der Waals surface area contributed by atoms with Gasteiger partial charge in [-0.05, 0) is 37.1 Å². The van der Waals surface area contributed by atoms with Crippen LogP contribution in [0, 0.1) is 5.92 Å². The molecule has 5 heteroatoms. The molecule has 1 aliphatic rings. The molecule has 1 saturated carbocycles. The Morgan fingerprint density at radius 3 is 2.80 bits per heavy atom. The smallest absolute Gasteiger partial charge is 0.269 e. The average Bonchev–Trinajstić information content (AvgIpc) is 3.22. The fraction of sp³-hybridized carbons (Fsp3) is 0.333. The largest absolute Gasteiger partial charge is 0.350 e. The van der Waals surface area contributed by atoms with Gasteiger partial charge in [-0.2, -0.15) is 0 Å². The lowest BCUT2D eigenvalue weighted by atomic mass is 10.3. The van der Waals surface area contributed by atoms with Gasteiger partial charge in [-0.25, -0.2) is 4.98 Å². The predicted molar refractivity (Wildman–Crippen MR) is 80.4 cm³/mol. The van der Waals surface area contributed by atoms with Crippen LogP contribution >= 0.6 is 11.8 Å². The third-order valence-electron chi connectivity index (χ3n) is 3.41. The Labute approximate surface area is 122 Å². The average molecular weight is 287 g/mol. The van der Waals surface area contributed by atoms with Gasteiger partial charge in [0.1, 0.15) is 5.69 Å². The number of thioether (sulfide) groups is 1. The summed E-state index contributed by atoms with van der Waals surface area (Å²) in [6.45, 7) is 0.771. The molecule has 1 amide bonds. The third kappa shape index (κ3) is 2.72. The van der Waals surface area contributed by atoms with Crippen LogP contribution in [0.4, 0.5) is 0 Å². The van der Waals surface area contributed by atoms with Crippen molar-refractivity contribution < 1.29 is 4.79 Å². The number of aromatic nitrogens is 2. The number of para-hydroxylation sites is 1. The number of rotatable bonds is 5. The molecule has 20 heavy (non-hydrogen) atoms. The topological polar surface area (TPSA) is 46.9 Å². The van der Waals surface area contributed by atoms with Crippen molar-refractivity contribution in [2.45, 2.75) is 18.0 Å². The summed E-state index contributed by atoms with van der Waals surface area (Å²) in [5.41, 5.74) is 1.56. The Kier molecular flexibility index (Phi) is 3.78. The van der Waals surface area contributed by atoms with Crippen molar-refractivity contribution in [3.05, 3.63) is 42.2 Å². The first kappa shape index (κ1) is 13.2. The normalized spacial score (nSPS) is 14.2. The highest BCUT2D eigenvalue weighted by Crippen LogP contribution is 2.28. The van der Waals surface area contributed by atoms with Gasteiger partial charge in [0.15, 0.2) is 5.16 Å². The van der Waals surface area contributed by atoms with Crippen LogP contribution in [0.3, 0.4) is 0 Å². The SMILES string of the molecule is CSc1ncc(C(=O)NCC2CC2)n1-c1ccccc1. The predicted octanol–water partition coefficient (Wildman–Crippen LogP) is 2.73. The van der Waals surface area contributed by atoms with E-state index in [4.69, 9.17) is 0 Å². The molecule has 1 heterocycles. The number of hydrogen-bond donors (Lipinski definition) is 1. The molecule has 104 valence electrons. The van der Waals surface area contributed by atoms with Gasteiger partial charge in [-0.1, -0.05) is 30.0 Å². The number of carbonyl (C=O) groups excluding carboxylic acids is 1. The molecule has 1 fully saturated rings. The molecule has 3 rings (SSSR count). The van der Waals surface area contributed by atoms with Crippen molar-refractivity contribution in [1.29, 1.82) is 0 Å². The van der Waals surface area contributed by atoms with Crippen LogP contribution in [0.5, 0.6) is 0 Å². The van der Waals surface area contributed by atoms with Crippen LogP contribution in [0.2, 0.25) is 0 Å². The van der Waals surface area contributed by atoms with Crippen molar-refractivity contribution in [3.63, 3.8) is 0 Å². The van der Waals surface area contributed by atoms with Crippen molar-refractivity contribution >= 4 is 17.7 Å². The van der Waals surface area contributed by atoms with Gasteiger partial charge in [0.2, 0.25) is 0 Å². The first-order valence-electron chi connectivity index (χ1n) is 6.75. The minimum Gasteiger partial charge on any atom is -0.350 e. The highest BCUT2D eigenvalue weighted by atomic mass is 32.2. The third-order valence-corrected chi connectivity index (χ3v) is 4.06. The minimum atomic E-state index is -0.0476. The van der Waals surface area contributed by atoms with Gasteiger partial charge >= 0.3 is 0 Å². The van der Waals surface area contributed by atoms with Crippen molar-refractivity contribution in [2.24, 2.45) is 5.92 Å². The molecule has 0 bridgehead atoms. The summed E-state index contributed by atoms with van der Waals surface area (Å²) in [5, 5.41) is 3.83. The first-order valence-corrected chi connectivity index (χ1v) is 7.97. The summed E-state index contributed by atoms with van der Waals surface area (Å²) in [6.07, 6.45) is 6.08. The number of nitrogens with one attached hydrogen (secondary N) is 1. The lowest BCUT2D eigenvalue weighted by molar-refractivity contribution is 0.0944. The van der Waals surface area contributed by atoms with Crippen LogP contribution in [0.1, 0.15) is 23.3 Å². The second kappa shape index (κ2) is 5.71. The van der Waals surface area contributed by atoms with E-state index in [-0.39, 0.29) is 5.91 Å². The zero-order valence-corrected chi connectivity index (χ0v) is 12.2. The zero-order valence-electron chi connectivity index (χ0n) is 11.4. The van der Waals surface area contributed by atoms with Crippen LogP contribution in [0.25, 0.3) is 5.69 Å². The van der Waals surface area contributed by atoms with E-state index >= 15 is 0 Å². The molecule has 0 aliphatic heterocycles. The quantitative estimate of drug-likeness (QED) is 0.860. The fourth-order valence-electron chi connectivity index (χ4n) is 2.12. The standard InChI is InChI=1S/C15H17N3OS/c1-20-15-17-10-13(14(19)16-9-11-7-8-11)18(15)12-5-3-2-4-6-12/h2-6,10-11H,7-9H2,1H3,(H,16,19). The molecule has 4 nitrogen and oxygen atoms in total. The molecule has 0 unspecified atom stereocenters. The summed E-state index contributed by atoms with van der Waals surface area (Å²) in [7, 11) is 0. The van der Waals surface area contributed by atoms with Gasteiger partial charge in [-0.3, -0.25) is 9.36 Å². The van der Waals surface area contributed by atoms with Crippen LogP contribution in [-0.2, 0) is 0 Å². The molecule has 1 aliphatic carbocycles. The van der Waals surface area contributed by atoms with Crippen LogP contribution in [0.15, 0.2) is 41.7 Å². The number of amides is 1. The summed E-state index contributed by atoms with van der Waals surface area (Å²) in [5.74, 6) is 0.626. The highest BCUT2D eigenvalue weighted by Gasteiger charge is 2.23. The maximum Gasteiger partial charge on any atom is 0.269 e. The lowest BCUT2D eigenvalue weighted by Gasteiger charge is -2.10. The van der Waals surface area contributed by atoms with E-state index in [1.165, 1.54) is 24.6 Å².